The van der Waals surface area contributed by atoms with Crippen molar-refractivity contribution in [3.63, 3.8) is 0 Å². The van der Waals surface area contributed by atoms with E-state index in [9.17, 15) is 9.59 Å². The van der Waals surface area contributed by atoms with Crippen molar-refractivity contribution in [1.82, 2.24) is 25.7 Å². The average Bonchev–Trinajstić information content (AvgIpc) is 2.91. The topological polar surface area (TPSA) is 100 Å². The molecule has 1 aliphatic heterocycles. The molecule has 0 saturated carbocycles. The molecule has 1 saturated heterocycles. The number of rotatable bonds is 3. The molecule has 2 heterocycles. The molecule has 2 N–H and O–H groups in total. The van der Waals surface area contributed by atoms with Gasteiger partial charge in [0.2, 0.25) is 11.8 Å². The number of aryl methyl sites for hydroxylation is 1. The molecule has 1 atom stereocenters. The Morgan fingerprint density at radius 2 is 2.30 bits per heavy atom. The molecule has 0 bridgehead atoms. The Hall–Kier alpha value is -2.12. The fourth-order valence-electron chi connectivity index (χ4n) is 2.24. The third-order valence-electron chi connectivity index (χ3n) is 3.29. The van der Waals surface area contributed by atoms with Gasteiger partial charge in [-0.05, 0) is 19.8 Å². The number of likely N-dealkylation sites (tertiary alicyclic amines) is 1. The summed E-state index contributed by atoms with van der Waals surface area (Å²) in [7, 11) is 1.51. The molecule has 1 aromatic heterocycles. The average molecular weight is 281 g/mol. The van der Waals surface area contributed by atoms with Crippen LogP contribution in [0.15, 0.2) is 4.52 Å². The SMILES string of the molecule is CNC(=O)NCC(=O)N1CCCC(c2nc(C)no2)C1. The fourth-order valence-corrected chi connectivity index (χ4v) is 2.24. The van der Waals surface area contributed by atoms with Crippen LogP contribution < -0.4 is 10.6 Å². The normalized spacial score (nSPS) is 18.7. The standard InChI is InChI=1S/C12H19N5O3/c1-8-15-11(20-16-8)9-4-3-5-17(7-9)10(18)6-14-12(19)13-2/h9H,3-7H2,1-2H3,(H2,13,14,19). The van der Waals surface area contributed by atoms with Gasteiger partial charge >= 0.3 is 6.03 Å². The maximum atomic E-state index is 12.0. The van der Waals surface area contributed by atoms with Gasteiger partial charge in [0, 0.05) is 20.1 Å². The van der Waals surface area contributed by atoms with E-state index in [1.54, 1.807) is 11.8 Å². The largest absolute Gasteiger partial charge is 0.341 e. The van der Waals surface area contributed by atoms with Crippen molar-refractivity contribution in [2.24, 2.45) is 0 Å². The molecule has 1 fully saturated rings. The Labute approximate surface area is 116 Å². The lowest BCUT2D eigenvalue weighted by molar-refractivity contribution is -0.131. The molecule has 2 rings (SSSR count). The van der Waals surface area contributed by atoms with Crippen molar-refractivity contribution in [3.8, 4) is 0 Å². The van der Waals surface area contributed by atoms with Crippen LogP contribution in [-0.2, 0) is 4.79 Å². The van der Waals surface area contributed by atoms with Gasteiger partial charge in [-0.15, -0.1) is 0 Å². The van der Waals surface area contributed by atoms with Gasteiger partial charge in [-0.3, -0.25) is 4.79 Å². The molecule has 8 heteroatoms. The minimum Gasteiger partial charge on any atom is -0.341 e. The minimum absolute atomic E-state index is 0.00471. The predicted octanol–water partition coefficient (Wildman–Crippen LogP) is 0.0130. The van der Waals surface area contributed by atoms with E-state index >= 15 is 0 Å². The third kappa shape index (κ3) is 3.46. The highest BCUT2D eigenvalue weighted by Gasteiger charge is 2.28. The van der Waals surface area contributed by atoms with Crippen molar-refractivity contribution in [1.29, 1.82) is 0 Å². The molecule has 1 unspecified atom stereocenters. The number of nitrogens with zero attached hydrogens (tertiary/aromatic N) is 3. The Bertz CT molecular complexity index is 487. The first-order valence-corrected chi connectivity index (χ1v) is 6.63. The molecule has 8 nitrogen and oxygen atoms in total. The monoisotopic (exact) mass is 281 g/mol. The first-order chi connectivity index (χ1) is 9.60. The van der Waals surface area contributed by atoms with Gasteiger partial charge in [-0.25, -0.2) is 4.79 Å². The summed E-state index contributed by atoms with van der Waals surface area (Å²) >= 11 is 0. The first kappa shape index (κ1) is 14.3. The van der Waals surface area contributed by atoms with Crippen LogP contribution in [-0.4, -0.2) is 53.7 Å². The van der Waals surface area contributed by atoms with Crippen LogP contribution in [0.4, 0.5) is 4.79 Å². The Kier molecular flexibility index (Phi) is 4.54. The second-order valence-electron chi connectivity index (χ2n) is 4.79. The lowest BCUT2D eigenvalue weighted by Gasteiger charge is -2.31. The van der Waals surface area contributed by atoms with E-state index < -0.39 is 0 Å². The number of hydrogen-bond acceptors (Lipinski definition) is 5. The summed E-state index contributed by atoms with van der Waals surface area (Å²) in [6.45, 7) is 3.01. The molecule has 1 aromatic rings. The molecule has 1 aliphatic rings. The van der Waals surface area contributed by atoms with Crippen LogP contribution in [0.25, 0.3) is 0 Å². The maximum Gasteiger partial charge on any atom is 0.314 e. The van der Waals surface area contributed by atoms with Crippen LogP contribution in [0.3, 0.4) is 0 Å². The van der Waals surface area contributed by atoms with Crippen LogP contribution in [0, 0.1) is 6.92 Å². The zero-order chi connectivity index (χ0) is 14.5. The number of hydrogen-bond donors (Lipinski definition) is 2. The lowest BCUT2D eigenvalue weighted by atomic mass is 9.98. The van der Waals surface area contributed by atoms with Gasteiger partial charge < -0.3 is 20.1 Å². The number of piperidine rings is 1. The fraction of sp³-hybridized carbons (Fsp3) is 0.667. The Morgan fingerprint density at radius 3 is 2.95 bits per heavy atom. The molecular formula is C12H19N5O3. The molecule has 0 radical (unpaired) electrons. The van der Waals surface area contributed by atoms with E-state index in [1.807, 2.05) is 0 Å². The number of urea groups is 1. The van der Waals surface area contributed by atoms with Crippen LogP contribution in [0.1, 0.15) is 30.5 Å². The first-order valence-electron chi connectivity index (χ1n) is 6.63. The number of carbonyl (C=O) groups excluding carboxylic acids is 2. The van der Waals surface area contributed by atoms with Crippen molar-refractivity contribution in [2.75, 3.05) is 26.7 Å². The smallest absolute Gasteiger partial charge is 0.314 e. The summed E-state index contributed by atoms with van der Waals surface area (Å²) < 4.78 is 5.17. The summed E-state index contributed by atoms with van der Waals surface area (Å²) in [6, 6.07) is -0.362. The quantitative estimate of drug-likeness (QED) is 0.813. The summed E-state index contributed by atoms with van der Waals surface area (Å²) in [6.07, 6.45) is 1.81. The Morgan fingerprint density at radius 1 is 1.50 bits per heavy atom. The number of amides is 3. The van der Waals surface area contributed by atoms with E-state index in [1.165, 1.54) is 7.05 Å². The molecule has 0 aliphatic carbocycles. The van der Waals surface area contributed by atoms with E-state index in [0.29, 0.717) is 24.8 Å². The molecule has 110 valence electrons. The molecule has 3 amide bonds. The van der Waals surface area contributed by atoms with Crippen LogP contribution >= 0.6 is 0 Å². The van der Waals surface area contributed by atoms with Crippen molar-refractivity contribution in [2.45, 2.75) is 25.7 Å². The molecule has 0 spiro atoms. The Balaban J connectivity index is 1.89. The molecule has 0 aromatic carbocycles. The van der Waals surface area contributed by atoms with E-state index in [2.05, 4.69) is 20.8 Å². The highest BCUT2D eigenvalue weighted by Crippen LogP contribution is 2.25. The second kappa shape index (κ2) is 6.36. The van der Waals surface area contributed by atoms with Gasteiger partial charge in [0.05, 0.1) is 12.5 Å². The van der Waals surface area contributed by atoms with Gasteiger partial charge in [0.25, 0.3) is 0 Å². The summed E-state index contributed by atoms with van der Waals surface area (Å²) in [5, 5.41) is 8.68. The number of aromatic nitrogens is 2. The van der Waals surface area contributed by atoms with Gasteiger partial charge in [-0.2, -0.15) is 4.98 Å². The van der Waals surface area contributed by atoms with Gasteiger partial charge in [0.1, 0.15) is 0 Å². The summed E-state index contributed by atoms with van der Waals surface area (Å²) in [4.78, 5) is 29.0. The number of carbonyl (C=O) groups is 2. The zero-order valence-electron chi connectivity index (χ0n) is 11.7. The summed E-state index contributed by atoms with van der Waals surface area (Å²) in [5.74, 6) is 1.16. The van der Waals surface area contributed by atoms with Crippen molar-refractivity contribution >= 4 is 11.9 Å². The molecule has 20 heavy (non-hydrogen) atoms. The van der Waals surface area contributed by atoms with Crippen molar-refractivity contribution < 1.29 is 14.1 Å². The summed E-state index contributed by atoms with van der Waals surface area (Å²) in [5.41, 5.74) is 0. The van der Waals surface area contributed by atoms with E-state index in [-0.39, 0.29) is 24.4 Å². The third-order valence-corrected chi connectivity index (χ3v) is 3.29. The molecular weight excluding hydrogens is 262 g/mol. The highest BCUT2D eigenvalue weighted by molar-refractivity contribution is 5.83. The highest BCUT2D eigenvalue weighted by atomic mass is 16.5. The maximum absolute atomic E-state index is 12.0. The second-order valence-corrected chi connectivity index (χ2v) is 4.79. The van der Waals surface area contributed by atoms with E-state index in [0.717, 1.165) is 12.8 Å². The van der Waals surface area contributed by atoms with E-state index in [4.69, 9.17) is 4.52 Å². The van der Waals surface area contributed by atoms with Crippen LogP contribution in [0.2, 0.25) is 0 Å². The zero-order valence-corrected chi connectivity index (χ0v) is 11.7. The predicted molar refractivity (Wildman–Crippen MR) is 70.0 cm³/mol. The number of nitrogens with one attached hydrogen (secondary N) is 2. The van der Waals surface area contributed by atoms with Gasteiger partial charge in [0.15, 0.2) is 5.82 Å². The van der Waals surface area contributed by atoms with Crippen LogP contribution in [0.5, 0.6) is 0 Å². The van der Waals surface area contributed by atoms with Gasteiger partial charge in [-0.1, -0.05) is 5.16 Å². The van der Waals surface area contributed by atoms with Crippen molar-refractivity contribution in [3.05, 3.63) is 11.7 Å². The minimum atomic E-state index is -0.362. The lowest BCUT2D eigenvalue weighted by Crippen LogP contribution is -2.46.